The maximum Gasteiger partial charge on any atom is 0.341 e. The second-order valence-corrected chi connectivity index (χ2v) is 5.08. The minimum absolute atomic E-state index is 0.0992. The molecule has 0 heterocycles. The van der Waals surface area contributed by atoms with E-state index >= 15 is 0 Å². The van der Waals surface area contributed by atoms with Crippen LogP contribution in [0.2, 0.25) is 5.02 Å². The average Bonchev–Trinajstić information content (AvgIpc) is 2.41. The first-order valence-electron chi connectivity index (χ1n) is 6.70. The summed E-state index contributed by atoms with van der Waals surface area (Å²) in [7, 11) is 0. The van der Waals surface area contributed by atoms with Gasteiger partial charge in [-0.2, -0.15) is 0 Å². The third kappa shape index (κ3) is 5.19. The van der Waals surface area contributed by atoms with Crippen molar-refractivity contribution in [3.8, 4) is 0 Å². The van der Waals surface area contributed by atoms with E-state index in [-0.39, 0.29) is 5.56 Å². The predicted octanol–water partition coefficient (Wildman–Crippen LogP) is 4.85. The fourth-order valence-electron chi connectivity index (χ4n) is 1.82. The molecule has 1 rings (SSSR count). The third-order valence-electron chi connectivity index (χ3n) is 3.14. The first kappa shape index (κ1) is 16.0. The molecular formula is C15H20ClFO2. The van der Waals surface area contributed by atoms with Gasteiger partial charge < -0.3 is 4.74 Å². The van der Waals surface area contributed by atoms with Gasteiger partial charge in [-0.15, -0.1) is 0 Å². The van der Waals surface area contributed by atoms with Crippen LogP contribution in [0.3, 0.4) is 0 Å². The molecule has 0 N–H and O–H groups in total. The van der Waals surface area contributed by atoms with Gasteiger partial charge in [-0.3, -0.25) is 0 Å². The molecule has 0 aliphatic heterocycles. The van der Waals surface area contributed by atoms with Crippen LogP contribution in [0, 0.1) is 11.7 Å². The predicted molar refractivity (Wildman–Crippen MR) is 75.0 cm³/mol. The van der Waals surface area contributed by atoms with Crippen LogP contribution >= 0.6 is 11.6 Å². The maximum absolute atomic E-state index is 13.5. The third-order valence-corrected chi connectivity index (χ3v) is 3.38. The number of hydrogen-bond acceptors (Lipinski definition) is 2. The van der Waals surface area contributed by atoms with Gasteiger partial charge in [-0.1, -0.05) is 44.7 Å². The highest BCUT2D eigenvalue weighted by Crippen LogP contribution is 2.18. The molecular weight excluding hydrogens is 267 g/mol. The molecule has 0 radical (unpaired) electrons. The lowest BCUT2D eigenvalue weighted by molar-refractivity contribution is 0.0423. The van der Waals surface area contributed by atoms with Crippen LogP contribution in [0.25, 0.3) is 0 Å². The number of ether oxygens (including phenoxy) is 1. The average molecular weight is 287 g/mol. The Balaban J connectivity index is 2.56. The Morgan fingerprint density at radius 3 is 2.79 bits per heavy atom. The number of hydrogen-bond donors (Lipinski definition) is 0. The topological polar surface area (TPSA) is 26.3 Å². The van der Waals surface area contributed by atoms with Gasteiger partial charge in [0.15, 0.2) is 0 Å². The molecule has 1 aromatic rings. The van der Waals surface area contributed by atoms with Gasteiger partial charge in [0, 0.05) is 5.02 Å². The van der Waals surface area contributed by atoms with E-state index in [9.17, 15) is 9.18 Å². The summed E-state index contributed by atoms with van der Waals surface area (Å²) in [6.45, 7) is 4.52. The van der Waals surface area contributed by atoms with Gasteiger partial charge >= 0.3 is 5.97 Å². The van der Waals surface area contributed by atoms with Crippen molar-refractivity contribution in [1.82, 2.24) is 0 Å². The Kier molecular flexibility index (Phi) is 6.85. The van der Waals surface area contributed by atoms with Crippen molar-refractivity contribution in [2.24, 2.45) is 5.92 Å². The van der Waals surface area contributed by atoms with E-state index in [1.807, 2.05) is 0 Å². The summed E-state index contributed by atoms with van der Waals surface area (Å²) < 4.78 is 18.6. The smallest absolute Gasteiger partial charge is 0.341 e. The van der Waals surface area contributed by atoms with Gasteiger partial charge in [0.1, 0.15) is 5.82 Å². The number of rotatable bonds is 7. The van der Waals surface area contributed by atoms with Crippen molar-refractivity contribution in [1.29, 1.82) is 0 Å². The Labute approximate surface area is 118 Å². The molecule has 0 fully saturated rings. The van der Waals surface area contributed by atoms with Gasteiger partial charge in [0.05, 0.1) is 12.2 Å². The van der Waals surface area contributed by atoms with E-state index in [1.165, 1.54) is 18.2 Å². The number of carbonyl (C=O) groups excluding carboxylic acids is 1. The molecule has 1 atom stereocenters. The summed E-state index contributed by atoms with van der Waals surface area (Å²) >= 11 is 5.74. The fourth-order valence-corrected chi connectivity index (χ4v) is 2.00. The van der Waals surface area contributed by atoms with Crippen LogP contribution in [-0.4, -0.2) is 12.6 Å². The molecule has 0 amide bonds. The summed E-state index contributed by atoms with van der Waals surface area (Å²) in [5, 5.41) is 0.325. The molecule has 0 saturated heterocycles. The Morgan fingerprint density at radius 2 is 2.16 bits per heavy atom. The highest BCUT2D eigenvalue weighted by Gasteiger charge is 2.16. The minimum Gasteiger partial charge on any atom is -0.462 e. The second kappa shape index (κ2) is 8.16. The SMILES string of the molecule is CCCCC(CC)COC(=O)c1cc(Cl)ccc1F. The summed E-state index contributed by atoms with van der Waals surface area (Å²) in [6.07, 6.45) is 4.21. The Morgan fingerprint density at radius 1 is 1.42 bits per heavy atom. The van der Waals surface area contributed by atoms with Gasteiger partial charge in [0.2, 0.25) is 0 Å². The Bertz CT molecular complexity index is 421. The Hall–Kier alpha value is -1.09. The molecule has 4 heteroatoms. The van der Waals surface area contributed by atoms with E-state index in [0.717, 1.165) is 25.7 Å². The number of carbonyl (C=O) groups is 1. The lowest BCUT2D eigenvalue weighted by atomic mass is 10.0. The van der Waals surface area contributed by atoms with E-state index in [2.05, 4.69) is 13.8 Å². The normalized spacial score (nSPS) is 12.2. The zero-order valence-electron chi connectivity index (χ0n) is 11.4. The van der Waals surface area contributed by atoms with Crippen LogP contribution in [0.5, 0.6) is 0 Å². The van der Waals surface area contributed by atoms with Crippen molar-refractivity contribution >= 4 is 17.6 Å². The highest BCUT2D eigenvalue weighted by atomic mass is 35.5. The zero-order valence-corrected chi connectivity index (χ0v) is 12.2. The fraction of sp³-hybridized carbons (Fsp3) is 0.533. The van der Waals surface area contributed by atoms with Crippen LogP contribution < -0.4 is 0 Å². The van der Waals surface area contributed by atoms with Crippen LogP contribution in [-0.2, 0) is 4.74 Å². The summed E-state index contributed by atoms with van der Waals surface area (Å²) in [5.41, 5.74) is -0.0992. The molecule has 2 nitrogen and oxygen atoms in total. The van der Waals surface area contributed by atoms with Crippen LogP contribution in [0.1, 0.15) is 49.9 Å². The first-order valence-corrected chi connectivity index (χ1v) is 7.08. The molecule has 106 valence electrons. The van der Waals surface area contributed by atoms with Crippen LogP contribution in [0.4, 0.5) is 4.39 Å². The highest BCUT2D eigenvalue weighted by molar-refractivity contribution is 6.30. The van der Waals surface area contributed by atoms with Crippen molar-refractivity contribution in [2.75, 3.05) is 6.61 Å². The van der Waals surface area contributed by atoms with Gasteiger partial charge in [-0.05, 0) is 30.5 Å². The molecule has 0 saturated carbocycles. The lowest BCUT2D eigenvalue weighted by Gasteiger charge is -2.14. The minimum atomic E-state index is -0.644. The molecule has 0 aliphatic carbocycles. The second-order valence-electron chi connectivity index (χ2n) is 4.64. The summed E-state index contributed by atoms with van der Waals surface area (Å²) in [4.78, 5) is 11.8. The van der Waals surface area contributed by atoms with E-state index < -0.39 is 11.8 Å². The van der Waals surface area contributed by atoms with Crippen molar-refractivity contribution in [2.45, 2.75) is 39.5 Å². The van der Waals surface area contributed by atoms with Crippen molar-refractivity contribution < 1.29 is 13.9 Å². The summed E-state index contributed by atoms with van der Waals surface area (Å²) in [6, 6.07) is 3.88. The lowest BCUT2D eigenvalue weighted by Crippen LogP contribution is -2.15. The molecule has 1 unspecified atom stereocenters. The molecule has 0 aliphatic rings. The number of halogens is 2. The standard InChI is InChI=1S/C15H20ClFO2/c1-3-5-6-11(4-2)10-19-15(18)13-9-12(16)7-8-14(13)17/h7-9,11H,3-6,10H2,1-2H3. The maximum atomic E-state index is 13.5. The van der Waals surface area contributed by atoms with E-state index in [4.69, 9.17) is 16.3 Å². The quantitative estimate of drug-likeness (QED) is 0.670. The first-order chi connectivity index (χ1) is 9.08. The van der Waals surface area contributed by atoms with Gasteiger partial charge in [0.25, 0.3) is 0 Å². The molecule has 19 heavy (non-hydrogen) atoms. The zero-order chi connectivity index (χ0) is 14.3. The monoisotopic (exact) mass is 286 g/mol. The van der Waals surface area contributed by atoms with Gasteiger partial charge in [-0.25, -0.2) is 9.18 Å². The summed E-state index contributed by atoms with van der Waals surface area (Å²) in [5.74, 6) is -0.905. The number of unbranched alkanes of at least 4 members (excludes halogenated alkanes) is 1. The number of benzene rings is 1. The van der Waals surface area contributed by atoms with Crippen molar-refractivity contribution in [3.05, 3.63) is 34.6 Å². The number of esters is 1. The van der Waals surface area contributed by atoms with E-state index in [1.54, 1.807) is 0 Å². The largest absolute Gasteiger partial charge is 0.462 e. The molecule has 0 aromatic heterocycles. The molecule has 0 bridgehead atoms. The van der Waals surface area contributed by atoms with Crippen molar-refractivity contribution in [3.63, 3.8) is 0 Å². The van der Waals surface area contributed by atoms with Crippen LogP contribution in [0.15, 0.2) is 18.2 Å². The molecule has 1 aromatic carbocycles. The van der Waals surface area contributed by atoms with E-state index in [0.29, 0.717) is 17.5 Å². The molecule has 0 spiro atoms.